The van der Waals surface area contributed by atoms with Crippen molar-refractivity contribution in [3.63, 3.8) is 0 Å². The first-order valence-corrected chi connectivity index (χ1v) is 6.97. The minimum Gasteiger partial charge on any atom is -0.398 e. The fourth-order valence-electron chi connectivity index (χ4n) is 1.74. The fourth-order valence-corrected chi connectivity index (χ4v) is 3.41. The van der Waals surface area contributed by atoms with Crippen LogP contribution in [0.3, 0.4) is 0 Å². The van der Waals surface area contributed by atoms with E-state index >= 15 is 0 Å². The molecule has 6 heteroatoms. The number of nitrogens with zero attached hydrogens (tertiary/aromatic N) is 1. The van der Waals surface area contributed by atoms with E-state index in [4.69, 9.17) is 5.73 Å². The van der Waals surface area contributed by atoms with Gasteiger partial charge in [-0.05, 0) is 18.9 Å². The van der Waals surface area contributed by atoms with Crippen LogP contribution in [0.1, 0.15) is 12.0 Å². The highest BCUT2D eigenvalue weighted by molar-refractivity contribution is 7.91. The zero-order valence-corrected chi connectivity index (χ0v) is 9.92. The molecule has 0 spiro atoms. The number of rotatable bonds is 2. The number of hydrogen-bond acceptors (Lipinski definition) is 5. The molecule has 0 radical (unpaired) electrons. The van der Waals surface area contributed by atoms with Gasteiger partial charge in [-0.25, -0.2) is 13.4 Å². The van der Waals surface area contributed by atoms with Gasteiger partial charge in [-0.2, -0.15) is 0 Å². The van der Waals surface area contributed by atoms with E-state index < -0.39 is 9.84 Å². The SMILES string of the molecule is Cc1cnc(NC2CCS(=O)(=O)C2)cc1N. The van der Waals surface area contributed by atoms with Gasteiger partial charge in [-0.3, -0.25) is 0 Å². The van der Waals surface area contributed by atoms with Gasteiger partial charge < -0.3 is 11.1 Å². The number of hydrogen-bond donors (Lipinski definition) is 2. The lowest BCUT2D eigenvalue weighted by atomic mass is 10.2. The fraction of sp³-hybridized carbons (Fsp3) is 0.500. The summed E-state index contributed by atoms with van der Waals surface area (Å²) in [5.74, 6) is 1.08. The van der Waals surface area contributed by atoms with Crippen molar-refractivity contribution in [1.29, 1.82) is 0 Å². The highest BCUT2D eigenvalue weighted by atomic mass is 32.2. The first-order valence-electron chi connectivity index (χ1n) is 5.15. The largest absolute Gasteiger partial charge is 0.398 e. The molecule has 0 aromatic carbocycles. The van der Waals surface area contributed by atoms with E-state index in [1.165, 1.54) is 0 Å². The molecular weight excluding hydrogens is 226 g/mol. The summed E-state index contributed by atoms with van der Waals surface area (Å²) in [5.41, 5.74) is 7.34. The molecular formula is C10H15N3O2S. The first-order chi connectivity index (χ1) is 7.46. The van der Waals surface area contributed by atoms with Gasteiger partial charge in [-0.1, -0.05) is 0 Å². The molecule has 88 valence electrons. The molecule has 1 atom stereocenters. The summed E-state index contributed by atoms with van der Waals surface area (Å²) in [5, 5.41) is 3.09. The second kappa shape index (κ2) is 3.93. The molecule has 1 aromatic rings. The molecule has 1 unspecified atom stereocenters. The molecule has 5 nitrogen and oxygen atoms in total. The van der Waals surface area contributed by atoms with Gasteiger partial charge in [0.2, 0.25) is 0 Å². The Balaban J connectivity index is 2.08. The number of aryl methyl sites for hydroxylation is 1. The topological polar surface area (TPSA) is 85.1 Å². The Kier molecular flexibility index (Phi) is 2.75. The highest BCUT2D eigenvalue weighted by Crippen LogP contribution is 2.18. The quantitative estimate of drug-likeness (QED) is 0.790. The Labute approximate surface area is 95.0 Å². The summed E-state index contributed by atoms with van der Waals surface area (Å²) in [6.07, 6.45) is 2.32. The monoisotopic (exact) mass is 241 g/mol. The highest BCUT2D eigenvalue weighted by Gasteiger charge is 2.27. The lowest BCUT2D eigenvalue weighted by Crippen LogP contribution is -2.21. The Morgan fingerprint density at radius 1 is 1.56 bits per heavy atom. The predicted molar refractivity (Wildman–Crippen MR) is 64.1 cm³/mol. The molecule has 2 rings (SSSR count). The average Bonchev–Trinajstić information content (AvgIpc) is 2.52. The molecule has 1 aliphatic heterocycles. The summed E-state index contributed by atoms with van der Waals surface area (Å²) in [4.78, 5) is 4.16. The van der Waals surface area contributed by atoms with Gasteiger partial charge in [0.25, 0.3) is 0 Å². The molecule has 1 fully saturated rings. The first kappa shape index (κ1) is 11.2. The Morgan fingerprint density at radius 3 is 2.88 bits per heavy atom. The summed E-state index contributed by atoms with van der Waals surface area (Å²) in [6, 6.07) is 1.69. The molecule has 1 saturated heterocycles. The molecule has 1 aliphatic rings. The van der Waals surface area contributed by atoms with E-state index in [2.05, 4.69) is 10.3 Å². The Hall–Kier alpha value is -1.30. The van der Waals surface area contributed by atoms with Crippen LogP contribution in [0, 0.1) is 6.92 Å². The average molecular weight is 241 g/mol. The van der Waals surface area contributed by atoms with Crippen LogP contribution in [0.2, 0.25) is 0 Å². The van der Waals surface area contributed by atoms with Gasteiger partial charge in [0, 0.05) is 24.0 Å². The minimum absolute atomic E-state index is 0.0420. The zero-order valence-electron chi connectivity index (χ0n) is 9.10. The van der Waals surface area contributed by atoms with Crippen LogP contribution in [0.4, 0.5) is 11.5 Å². The molecule has 2 heterocycles. The summed E-state index contributed by atoms with van der Waals surface area (Å²) in [6.45, 7) is 1.88. The second-order valence-corrected chi connectivity index (χ2v) is 6.40. The molecule has 0 amide bonds. The predicted octanol–water partition coefficient (Wildman–Crippen LogP) is 0.571. The van der Waals surface area contributed by atoms with E-state index in [9.17, 15) is 8.42 Å². The summed E-state index contributed by atoms with van der Waals surface area (Å²) < 4.78 is 22.5. The van der Waals surface area contributed by atoms with Crippen molar-refractivity contribution in [2.45, 2.75) is 19.4 Å². The van der Waals surface area contributed by atoms with Gasteiger partial charge in [0.05, 0.1) is 11.5 Å². The van der Waals surface area contributed by atoms with Crippen molar-refractivity contribution in [1.82, 2.24) is 4.98 Å². The van der Waals surface area contributed by atoms with Crippen LogP contribution < -0.4 is 11.1 Å². The van der Waals surface area contributed by atoms with Crippen LogP contribution in [0.5, 0.6) is 0 Å². The number of nitrogen functional groups attached to an aromatic ring is 1. The third-order valence-corrected chi connectivity index (χ3v) is 4.50. The third kappa shape index (κ3) is 2.44. The van der Waals surface area contributed by atoms with Gasteiger partial charge in [0.15, 0.2) is 9.84 Å². The summed E-state index contributed by atoms with van der Waals surface area (Å²) in [7, 11) is -2.86. The number of nitrogens with two attached hydrogens (primary N) is 1. The van der Waals surface area contributed by atoms with E-state index in [-0.39, 0.29) is 17.5 Å². The number of anilines is 2. The van der Waals surface area contributed by atoms with Crippen LogP contribution in [0.15, 0.2) is 12.3 Å². The lowest BCUT2D eigenvalue weighted by Gasteiger charge is -2.12. The summed E-state index contributed by atoms with van der Waals surface area (Å²) >= 11 is 0. The van der Waals surface area contributed by atoms with E-state index in [0.29, 0.717) is 17.9 Å². The lowest BCUT2D eigenvalue weighted by molar-refractivity contribution is 0.602. The van der Waals surface area contributed by atoms with Crippen LogP contribution in [0.25, 0.3) is 0 Å². The maximum Gasteiger partial charge on any atom is 0.152 e. The molecule has 3 N–H and O–H groups in total. The van der Waals surface area contributed by atoms with Crippen LogP contribution >= 0.6 is 0 Å². The normalized spacial score (nSPS) is 23.2. The smallest absolute Gasteiger partial charge is 0.152 e. The van der Waals surface area contributed by atoms with Gasteiger partial charge in [-0.15, -0.1) is 0 Å². The zero-order chi connectivity index (χ0) is 11.8. The van der Waals surface area contributed by atoms with Crippen molar-refractivity contribution in [2.24, 2.45) is 0 Å². The second-order valence-electron chi connectivity index (χ2n) is 4.17. The maximum atomic E-state index is 11.3. The number of sulfone groups is 1. The van der Waals surface area contributed by atoms with Crippen molar-refractivity contribution < 1.29 is 8.42 Å². The van der Waals surface area contributed by atoms with Crippen molar-refractivity contribution in [3.8, 4) is 0 Å². The molecule has 0 bridgehead atoms. The van der Waals surface area contributed by atoms with Crippen molar-refractivity contribution >= 4 is 21.3 Å². The maximum absolute atomic E-state index is 11.3. The van der Waals surface area contributed by atoms with E-state index in [0.717, 1.165) is 5.56 Å². The van der Waals surface area contributed by atoms with E-state index in [1.807, 2.05) is 6.92 Å². The van der Waals surface area contributed by atoms with Crippen LogP contribution in [-0.4, -0.2) is 30.9 Å². The standard InChI is InChI=1S/C10H15N3O2S/c1-7-5-12-10(4-9(7)11)13-8-2-3-16(14,15)6-8/h4-5,8H,2-3,6H2,1H3,(H3,11,12,13). The van der Waals surface area contributed by atoms with Gasteiger partial charge in [0.1, 0.15) is 5.82 Å². The van der Waals surface area contributed by atoms with Crippen LogP contribution in [-0.2, 0) is 9.84 Å². The van der Waals surface area contributed by atoms with E-state index in [1.54, 1.807) is 12.3 Å². The number of aromatic nitrogens is 1. The molecule has 1 aromatic heterocycles. The number of nitrogens with one attached hydrogen (secondary N) is 1. The van der Waals surface area contributed by atoms with Crippen molar-refractivity contribution in [2.75, 3.05) is 22.6 Å². The number of pyridine rings is 1. The Morgan fingerprint density at radius 2 is 2.31 bits per heavy atom. The van der Waals surface area contributed by atoms with Crippen molar-refractivity contribution in [3.05, 3.63) is 17.8 Å². The molecule has 16 heavy (non-hydrogen) atoms. The Bertz CT molecular complexity index is 499. The van der Waals surface area contributed by atoms with Gasteiger partial charge >= 0.3 is 0 Å². The third-order valence-electron chi connectivity index (χ3n) is 2.73. The molecule has 0 aliphatic carbocycles. The minimum atomic E-state index is -2.86. The molecule has 0 saturated carbocycles.